The zero-order chi connectivity index (χ0) is 28.6. The number of ether oxygens (including phenoxy) is 2. The van der Waals surface area contributed by atoms with E-state index in [0.717, 1.165) is 11.1 Å². The molecular weight excluding hydrogens is 526 g/mol. The Morgan fingerprint density at radius 1 is 1.15 bits per heavy atom. The van der Waals surface area contributed by atoms with Crippen LogP contribution in [0.25, 0.3) is 0 Å². The third-order valence-corrected chi connectivity index (χ3v) is 8.30. The van der Waals surface area contributed by atoms with Crippen LogP contribution in [0.3, 0.4) is 0 Å². The van der Waals surface area contributed by atoms with Crippen molar-refractivity contribution in [3.8, 4) is 11.5 Å². The number of hydrogen-bond acceptors (Lipinski definition) is 8. The Kier molecular flexibility index (Phi) is 7.10. The van der Waals surface area contributed by atoms with Crippen molar-refractivity contribution >= 4 is 17.7 Å². The molecule has 11 nitrogen and oxygen atoms in total. The summed E-state index contributed by atoms with van der Waals surface area (Å²) in [5, 5.41) is 7.04. The molecule has 41 heavy (non-hydrogen) atoms. The van der Waals surface area contributed by atoms with E-state index in [0.29, 0.717) is 67.8 Å². The number of aromatic nitrogens is 2. The lowest BCUT2D eigenvalue weighted by molar-refractivity contribution is -0.136. The number of fused-ring (bicyclic) bond motifs is 9. The fraction of sp³-hybridized carbons (Fsp3) is 0.433. The molecule has 3 amide bonds. The number of likely N-dealkylation sites (tertiary alicyclic amines) is 1. The number of hydrogen-bond donors (Lipinski definition) is 1. The van der Waals surface area contributed by atoms with Crippen LogP contribution in [0.4, 0.5) is 0 Å². The molecule has 4 aliphatic rings. The van der Waals surface area contributed by atoms with Gasteiger partial charge in [-0.15, -0.1) is 0 Å². The zero-order valence-electron chi connectivity index (χ0n) is 23.2. The normalized spacial score (nSPS) is 22.3. The zero-order valence-corrected chi connectivity index (χ0v) is 23.2. The topological polar surface area (TPSA) is 127 Å². The van der Waals surface area contributed by atoms with Crippen molar-refractivity contribution in [2.75, 3.05) is 45.9 Å². The molecule has 11 heteroatoms. The number of amides is 3. The number of nitrogens with zero attached hydrogens (tertiary/aromatic N) is 4. The van der Waals surface area contributed by atoms with E-state index in [1.165, 1.54) is 0 Å². The van der Waals surface area contributed by atoms with Crippen molar-refractivity contribution in [1.29, 1.82) is 0 Å². The first kappa shape index (κ1) is 26.8. The van der Waals surface area contributed by atoms with E-state index >= 15 is 0 Å². The quantitative estimate of drug-likeness (QED) is 0.518. The molecule has 0 aliphatic carbocycles. The lowest BCUT2D eigenvalue weighted by Gasteiger charge is -2.40. The highest BCUT2D eigenvalue weighted by Crippen LogP contribution is 2.52. The van der Waals surface area contributed by atoms with Crippen LogP contribution in [0.2, 0.25) is 0 Å². The molecule has 3 aromatic rings. The highest BCUT2D eigenvalue weighted by molar-refractivity contribution is 5.96. The van der Waals surface area contributed by atoms with Crippen LogP contribution in [0.1, 0.15) is 45.3 Å². The molecule has 1 saturated heterocycles. The molecule has 2 atom stereocenters. The second kappa shape index (κ2) is 10.9. The number of para-hydroxylation sites is 1. The monoisotopic (exact) mass is 559 g/mol. The largest absolute Gasteiger partial charge is 0.490 e. The molecule has 0 unspecified atom stereocenters. The van der Waals surface area contributed by atoms with Gasteiger partial charge in [-0.1, -0.05) is 23.4 Å². The number of pyridine rings is 1. The second-order valence-electron chi connectivity index (χ2n) is 11.1. The summed E-state index contributed by atoms with van der Waals surface area (Å²) in [6.07, 6.45) is 4.02. The summed E-state index contributed by atoms with van der Waals surface area (Å²) in [6.45, 7) is 5.57. The van der Waals surface area contributed by atoms with Crippen LogP contribution in [-0.4, -0.2) is 83.6 Å². The average molecular weight is 560 g/mol. The van der Waals surface area contributed by atoms with Crippen LogP contribution in [0, 0.1) is 19.3 Å². The average Bonchev–Trinajstić information content (AvgIpc) is 3.53. The first-order chi connectivity index (χ1) is 19.8. The van der Waals surface area contributed by atoms with Gasteiger partial charge in [0, 0.05) is 55.5 Å². The lowest BCUT2D eigenvalue weighted by Crippen LogP contribution is -2.50. The van der Waals surface area contributed by atoms with Crippen molar-refractivity contribution in [3.05, 3.63) is 70.9 Å². The van der Waals surface area contributed by atoms with Crippen molar-refractivity contribution in [2.24, 2.45) is 5.41 Å². The van der Waals surface area contributed by atoms with E-state index in [1.807, 2.05) is 24.3 Å². The summed E-state index contributed by atoms with van der Waals surface area (Å²) in [7, 11) is 0. The fourth-order valence-electron chi connectivity index (χ4n) is 6.19. The van der Waals surface area contributed by atoms with E-state index in [1.54, 1.807) is 42.1 Å². The van der Waals surface area contributed by atoms with E-state index in [-0.39, 0.29) is 43.1 Å². The summed E-state index contributed by atoms with van der Waals surface area (Å²) in [5.74, 6) is 1.14. The molecule has 1 aromatic carbocycles. The predicted octanol–water partition coefficient (Wildman–Crippen LogP) is 2.27. The van der Waals surface area contributed by atoms with Crippen LogP contribution < -0.4 is 14.8 Å². The van der Waals surface area contributed by atoms with Gasteiger partial charge in [0.05, 0.1) is 31.9 Å². The molecule has 0 saturated carbocycles. The van der Waals surface area contributed by atoms with Crippen LogP contribution in [0.15, 0.2) is 47.2 Å². The summed E-state index contributed by atoms with van der Waals surface area (Å²) in [4.78, 5) is 47.6. The molecule has 4 aliphatic heterocycles. The maximum absolute atomic E-state index is 13.7. The summed E-state index contributed by atoms with van der Waals surface area (Å²) >= 11 is 0. The Morgan fingerprint density at radius 3 is 2.80 bits per heavy atom. The standard InChI is InChI=1S/C30H33N5O6/c1-19-27(20(2)41-33-19)29(38)35-14-23-22-7-3-8-24-28(22)40-18-30(23,17-35)16-32-25(36)15-34(10-5-11-39-24)26(37)12-21-6-4-9-31-13-21/h3-4,6-9,13,23H,5,10-12,14-18H2,1-2H3,(H,32,36)/t23-,30+/m0/s1. The Bertz CT molecular complexity index is 1450. The van der Waals surface area contributed by atoms with Gasteiger partial charge in [0.25, 0.3) is 5.91 Å². The predicted molar refractivity (Wildman–Crippen MR) is 147 cm³/mol. The SMILES string of the molecule is Cc1noc(C)c1C(=O)N1C[C@H]2c3cccc4c3OC[C@@]2(CNC(=O)CN(C(=O)Cc2cccnc2)CCCO4)C1. The number of aryl methyl sites for hydroxylation is 2. The van der Waals surface area contributed by atoms with E-state index in [4.69, 9.17) is 14.0 Å². The summed E-state index contributed by atoms with van der Waals surface area (Å²) < 4.78 is 17.7. The van der Waals surface area contributed by atoms with Crippen LogP contribution in [-0.2, 0) is 16.0 Å². The number of carbonyl (C=O) groups is 3. The van der Waals surface area contributed by atoms with E-state index < -0.39 is 5.41 Å². The van der Waals surface area contributed by atoms with Gasteiger partial charge in [-0.3, -0.25) is 19.4 Å². The number of benzene rings is 1. The Labute approximate surface area is 237 Å². The van der Waals surface area contributed by atoms with Gasteiger partial charge in [0.15, 0.2) is 11.5 Å². The molecule has 7 rings (SSSR count). The van der Waals surface area contributed by atoms with Crippen LogP contribution in [0.5, 0.6) is 11.5 Å². The van der Waals surface area contributed by atoms with Crippen molar-refractivity contribution in [2.45, 2.75) is 32.6 Å². The molecule has 0 radical (unpaired) electrons. The third kappa shape index (κ3) is 5.12. The van der Waals surface area contributed by atoms with Crippen molar-refractivity contribution in [3.63, 3.8) is 0 Å². The van der Waals surface area contributed by atoms with Gasteiger partial charge in [-0.2, -0.15) is 0 Å². The Morgan fingerprint density at radius 2 is 2.02 bits per heavy atom. The third-order valence-electron chi connectivity index (χ3n) is 8.30. The fourth-order valence-corrected chi connectivity index (χ4v) is 6.19. The van der Waals surface area contributed by atoms with Gasteiger partial charge in [-0.25, -0.2) is 0 Å². The number of rotatable bonds is 3. The molecule has 214 valence electrons. The molecule has 2 aromatic heterocycles. The molecule has 1 fully saturated rings. The van der Waals surface area contributed by atoms with Crippen molar-refractivity contribution in [1.82, 2.24) is 25.3 Å². The van der Waals surface area contributed by atoms with E-state index in [9.17, 15) is 14.4 Å². The maximum atomic E-state index is 13.7. The minimum Gasteiger partial charge on any atom is -0.490 e. The molecule has 4 bridgehead atoms. The van der Waals surface area contributed by atoms with Gasteiger partial charge in [0.2, 0.25) is 11.8 Å². The second-order valence-corrected chi connectivity index (χ2v) is 11.1. The number of carbonyl (C=O) groups excluding carboxylic acids is 3. The first-order valence-corrected chi connectivity index (χ1v) is 13.9. The lowest BCUT2D eigenvalue weighted by atomic mass is 9.73. The Balaban J connectivity index is 1.28. The molecule has 1 spiro atoms. The van der Waals surface area contributed by atoms with Gasteiger partial charge >= 0.3 is 0 Å². The highest BCUT2D eigenvalue weighted by atomic mass is 16.5. The smallest absolute Gasteiger partial charge is 0.259 e. The maximum Gasteiger partial charge on any atom is 0.259 e. The first-order valence-electron chi connectivity index (χ1n) is 13.9. The minimum atomic E-state index is -0.565. The number of nitrogens with one attached hydrogen (secondary N) is 1. The molecule has 1 N–H and O–H groups in total. The minimum absolute atomic E-state index is 0.0705. The van der Waals surface area contributed by atoms with E-state index in [2.05, 4.69) is 15.5 Å². The van der Waals surface area contributed by atoms with Gasteiger partial charge < -0.3 is 29.1 Å². The van der Waals surface area contributed by atoms with Crippen LogP contribution >= 0.6 is 0 Å². The molecular formula is C30H33N5O6. The Hall–Kier alpha value is -4.41. The van der Waals surface area contributed by atoms with Gasteiger partial charge in [0.1, 0.15) is 11.3 Å². The highest BCUT2D eigenvalue weighted by Gasteiger charge is 2.53. The van der Waals surface area contributed by atoms with Crippen molar-refractivity contribution < 1.29 is 28.4 Å². The summed E-state index contributed by atoms with van der Waals surface area (Å²) in [5.41, 5.74) is 2.20. The summed E-state index contributed by atoms with van der Waals surface area (Å²) in [6, 6.07) is 9.46. The van der Waals surface area contributed by atoms with Gasteiger partial charge in [-0.05, 0) is 38.0 Å². The molecule has 6 heterocycles.